The minimum atomic E-state index is 0.0933. The van der Waals surface area contributed by atoms with E-state index in [-0.39, 0.29) is 5.84 Å². The predicted octanol–water partition coefficient (Wildman–Crippen LogP) is 2.52. The average Bonchev–Trinajstić information content (AvgIpc) is 2.28. The lowest BCUT2D eigenvalue weighted by atomic mass is 10.1. The first kappa shape index (κ1) is 10.5. The van der Waals surface area contributed by atoms with E-state index in [4.69, 9.17) is 15.9 Å². The van der Waals surface area contributed by atoms with Gasteiger partial charge in [0.05, 0.1) is 6.61 Å². The van der Waals surface area contributed by atoms with Crippen LogP contribution in [0.3, 0.4) is 0 Å². The van der Waals surface area contributed by atoms with Gasteiger partial charge in [0, 0.05) is 5.56 Å². The van der Waals surface area contributed by atoms with Crippen LogP contribution in [0, 0.1) is 5.41 Å². The third-order valence-electron chi connectivity index (χ3n) is 2.43. The number of fused-ring (bicyclic) bond motifs is 1. The van der Waals surface area contributed by atoms with Crippen molar-refractivity contribution in [3.8, 4) is 5.75 Å². The number of hydrogen-bond acceptors (Lipinski definition) is 2. The van der Waals surface area contributed by atoms with Gasteiger partial charge in [-0.25, -0.2) is 0 Å². The smallest absolute Gasteiger partial charge is 0.122 e. The maximum atomic E-state index is 7.37. The third-order valence-corrected chi connectivity index (χ3v) is 2.43. The van der Waals surface area contributed by atoms with Crippen LogP contribution in [-0.4, -0.2) is 12.4 Å². The molecule has 0 radical (unpaired) electrons. The number of nitrogens with two attached hydrogens (primary N) is 1. The second-order valence-electron chi connectivity index (χ2n) is 3.57. The molecule has 0 aliphatic heterocycles. The number of benzene rings is 2. The molecule has 0 unspecified atom stereocenters. The SMILES string of the molecule is CCOc1ccc2cc(C(=N)N)ccc2c1. The Morgan fingerprint density at radius 2 is 1.88 bits per heavy atom. The Balaban J connectivity index is 2.48. The highest BCUT2D eigenvalue weighted by Gasteiger charge is 2.00. The first-order valence-corrected chi connectivity index (χ1v) is 5.21. The van der Waals surface area contributed by atoms with Gasteiger partial charge in [-0.1, -0.05) is 18.2 Å². The van der Waals surface area contributed by atoms with Gasteiger partial charge in [-0.15, -0.1) is 0 Å². The number of hydrogen-bond donors (Lipinski definition) is 2. The van der Waals surface area contributed by atoms with Crippen LogP contribution in [0.15, 0.2) is 36.4 Å². The van der Waals surface area contributed by atoms with E-state index in [0.717, 1.165) is 22.1 Å². The summed E-state index contributed by atoms with van der Waals surface area (Å²) in [6, 6.07) is 11.6. The predicted molar refractivity (Wildman–Crippen MR) is 66.1 cm³/mol. The summed E-state index contributed by atoms with van der Waals surface area (Å²) in [5.41, 5.74) is 6.19. The van der Waals surface area contributed by atoms with Gasteiger partial charge >= 0.3 is 0 Å². The summed E-state index contributed by atoms with van der Waals surface area (Å²) >= 11 is 0. The van der Waals surface area contributed by atoms with Crippen LogP contribution in [0.4, 0.5) is 0 Å². The highest BCUT2D eigenvalue weighted by atomic mass is 16.5. The second-order valence-corrected chi connectivity index (χ2v) is 3.57. The van der Waals surface area contributed by atoms with Gasteiger partial charge in [-0.3, -0.25) is 5.41 Å². The maximum Gasteiger partial charge on any atom is 0.122 e. The molecule has 0 atom stereocenters. The summed E-state index contributed by atoms with van der Waals surface area (Å²) in [4.78, 5) is 0. The molecule has 3 nitrogen and oxygen atoms in total. The minimum absolute atomic E-state index is 0.0933. The number of nitrogens with one attached hydrogen (secondary N) is 1. The van der Waals surface area contributed by atoms with Gasteiger partial charge in [-0.2, -0.15) is 0 Å². The molecule has 0 fully saturated rings. The summed E-state index contributed by atoms with van der Waals surface area (Å²) in [5, 5.41) is 9.53. The Morgan fingerprint density at radius 3 is 2.56 bits per heavy atom. The Morgan fingerprint density at radius 1 is 1.19 bits per heavy atom. The van der Waals surface area contributed by atoms with Crippen molar-refractivity contribution in [2.24, 2.45) is 5.73 Å². The molecule has 16 heavy (non-hydrogen) atoms. The van der Waals surface area contributed by atoms with E-state index in [1.54, 1.807) is 0 Å². The number of ether oxygens (including phenoxy) is 1. The average molecular weight is 214 g/mol. The standard InChI is InChI=1S/C13H14N2O/c1-2-16-12-6-5-9-7-11(13(14)15)4-3-10(9)8-12/h3-8H,2H2,1H3,(H3,14,15). The molecule has 3 heteroatoms. The van der Waals surface area contributed by atoms with Gasteiger partial charge < -0.3 is 10.5 Å². The summed E-state index contributed by atoms with van der Waals surface area (Å²) in [6.07, 6.45) is 0. The van der Waals surface area contributed by atoms with E-state index >= 15 is 0 Å². The molecule has 0 amide bonds. The molecule has 2 rings (SSSR count). The van der Waals surface area contributed by atoms with Gasteiger partial charge in [0.1, 0.15) is 11.6 Å². The lowest BCUT2D eigenvalue weighted by Crippen LogP contribution is -2.10. The number of nitrogen functional groups attached to an aromatic ring is 1. The zero-order valence-electron chi connectivity index (χ0n) is 9.16. The third kappa shape index (κ3) is 1.98. The molecule has 0 saturated heterocycles. The molecule has 0 bridgehead atoms. The van der Waals surface area contributed by atoms with Crippen LogP contribution in [0.25, 0.3) is 10.8 Å². The fourth-order valence-electron chi connectivity index (χ4n) is 1.65. The highest BCUT2D eigenvalue weighted by Crippen LogP contribution is 2.21. The van der Waals surface area contributed by atoms with Gasteiger partial charge in [0.25, 0.3) is 0 Å². The molecule has 0 aromatic heterocycles. The second kappa shape index (κ2) is 4.23. The van der Waals surface area contributed by atoms with Gasteiger partial charge in [-0.05, 0) is 35.9 Å². The fourth-order valence-corrected chi connectivity index (χ4v) is 1.65. The fraction of sp³-hybridized carbons (Fsp3) is 0.154. The lowest BCUT2D eigenvalue weighted by molar-refractivity contribution is 0.341. The topological polar surface area (TPSA) is 59.1 Å². The summed E-state index contributed by atoms with van der Waals surface area (Å²) in [6.45, 7) is 2.63. The van der Waals surface area contributed by atoms with Crippen LogP contribution >= 0.6 is 0 Å². The van der Waals surface area contributed by atoms with Crippen LogP contribution in [0.5, 0.6) is 5.75 Å². The Bertz CT molecular complexity index is 534. The number of rotatable bonds is 3. The molecule has 2 aromatic rings. The summed E-state index contributed by atoms with van der Waals surface area (Å²) in [7, 11) is 0. The Hall–Kier alpha value is -2.03. The van der Waals surface area contributed by atoms with Crippen molar-refractivity contribution in [2.45, 2.75) is 6.92 Å². The molecule has 0 saturated carbocycles. The van der Waals surface area contributed by atoms with Crippen LogP contribution in [0.1, 0.15) is 12.5 Å². The van der Waals surface area contributed by atoms with E-state index in [9.17, 15) is 0 Å². The summed E-state index contributed by atoms with van der Waals surface area (Å²) < 4.78 is 5.42. The molecule has 3 N–H and O–H groups in total. The van der Waals surface area contributed by atoms with Crippen LogP contribution < -0.4 is 10.5 Å². The molecular formula is C13H14N2O. The normalized spacial score (nSPS) is 10.3. The quantitative estimate of drug-likeness (QED) is 0.609. The van der Waals surface area contributed by atoms with E-state index in [2.05, 4.69) is 0 Å². The van der Waals surface area contributed by atoms with Crippen LogP contribution in [-0.2, 0) is 0 Å². The number of amidine groups is 1. The van der Waals surface area contributed by atoms with Crippen molar-refractivity contribution < 1.29 is 4.74 Å². The van der Waals surface area contributed by atoms with Crippen molar-refractivity contribution in [2.75, 3.05) is 6.61 Å². The summed E-state index contributed by atoms with van der Waals surface area (Å²) in [5.74, 6) is 0.960. The lowest BCUT2D eigenvalue weighted by Gasteiger charge is -2.06. The minimum Gasteiger partial charge on any atom is -0.494 e. The van der Waals surface area contributed by atoms with Crippen molar-refractivity contribution >= 4 is 16.6 Å². The first-order valence-electron chi connectivity index (χ1n) is 5.21. The monoisotopic (exact) mass is 214 g/mol. The van der Waals surface area contributed by atoms with E-state index in [1.807, 2.05) is 43.3 Å². The largest absolute Gasteiger partial charge is 0.494 e. The molecule has 0 aliphatic carbocycles. The van der Waals surface area contributed by atoms with Crippen molar-refractivity contribution in [3.63, 3.8) is 0 Å². The van der Waals surface area contributed by atoms with Gasteiger partial charge in [0.2, 0.25) is 0 Å². The molecule has 0 heterocycles. The van der Waals surface area contributed by atoms with E-state index in [0.29, 0.717) is 6.61 Å². The molecule has 82 valence electrons. The van der Waals surface area contributed by atoms with Crippen LogP contribution in [0.2, 0.25) is 0 Å². The van der Waals surface area contributed by atoms with Crippen molar-refractivity contribution in [3.05, 3.63) is 42.0 Å². The molecular weight excluding hydrogens is 200 g/mol. The zero-order valence-corrected chi connectivity index (χ0v) is 9.16. The maximum absolute atomic E-state index is 7.37. The molecule has 0 aliphatic rings. The van der Waals surface area contributed by atoms with Crippen molar-refractivity contribution in [1.29, 1.82) is 5.41 Å². The van der Waals surface area contributed by atoms with E-state index in [1.165, 1.54) is 0 Å². The van der Waals surface area contributed by atoms with Gasteiger partial charge in [0.15, 0.2) is 0 Å². The first-order chi connectivity index (χ1) is 7.70. The highest BCUT2D eigenvalue weighted by molar-refractivity contribution is 5.99. The van der Waals surface area contributed by atoms with Crippen molar-refractivity contribution in [1.82, 2.24) is 0 Å². The molecule has 0 spiro atoms. The van der Waals surface area contributed by atoms with E-state index < -0.39 is 0 Å². The molecule has 2 aromatic carbocycles. The Kier molecular flexibility index (Phi) is 2.77. The zero-order chi connectivity index (χ0) is 11.5. The Labute approximate surface area is 94.3 Å².